The van der Waals surface area contributed by atoms with Gasteiger partial charge in [-0.25, -0.2) is 0 Å². The quantitative estimate of drug-likeness (QED) is 0.578. The third-order valence-corrected chi connectivity index (χ3v) is 2.65. The second-order valence-electron chi connectivity index (χ2n) is 3.65. The maximum atomic E-state index is 11.2. The lowest BCUT2D eigenvalue weighted by molar-refractivity contribution is -0.120. The summed E-state index contributed by atoms with van der Waals surface area (Å²) in [5.74, 6) is -0.466. The Labute approximate surface area is 97.6 Å². The summed E-state index contributed by atoms with van der Waals surface area (Å²) in [5.41, 5.74) is 6.01. The first kappa shape index (κ1) is 11.3. The van der Waals surface area contributed by atoms with E-state index < -0.39 is 11.8 Å². The van der Waals surface area contributed by atoms with Gasteiger partial charge in [-0.1, -0.05) is 17.3 Å². The molecule has 90 valence electrons. The molecule has 0 radical (unpaired) electrons. The van der Waals surface area contributed by atoms with Crippen molar-refractivity contribution in [1.29, 1.82) is 0 Å². The molecule has 0 saturated heterocycles. The SMILES string of the molecule is COc1cccc2c1O/C(=N\O)C(C(N)=O)C2. The average Bonchev–Trinajstić information content (AvgIpc) is 2.36. The molecule has 1 amide bonds. The number of oxime groups is 1. The fourth-order valence-electron chi connectivity index (χ4n) is 1.79. The minimum Gasteiger partial charge on any atom is -0.493 e. The van der Waals surface area contributed by atoms with E-state index in [4.69, 9.17) is 20.4 Å². The minimum absolute atomic E-state index is 0.102. The van der Waals surface area contributed by atoms with Crippen LogP contribution in [0.5, 0.6) is 11.5 Å². The Kier molecular flexibility index (Phi) is 2.86. The number of benzene rings is 1. The molecule has 0 saturated carbocycles. The van der Waals surface area contributed by atoms with Gasteiger partial charge in [0.05, 0.1) is 7.11 Å². The monoisotopic (exact) mass is 236 g/mol. The normalized spacial score (nSPS) is 20.5. The molecule has 0 bridgehead atoms. The number of carbonyl (C=O) groups excluding carboxylic acids is 1. The third-order valence-electron chi connectivity index (χ3n) is 2.65. The highest BCUT2D eigenvalue weighted by Gasteiger charge is 2.33. The first-order valence-corrected chi connectivity index (χ1v) is 5.02. The standard InChI is InChI=1S/C11H12N2O4/c1-16-8-4-2-3-6-5-7(10(12)14)11(13-15)17-9(6)8/h2-4,7,15H,5H2,1H3,(H2,12,14)/b13-11-. The Balaban J connectivity index is 2.46. The van der Waals surface area contributed by atoms with Crippen molar-refractivity contribution in [2.45, 2.75) is 6.42 Å². The van der Waals surface area contributed by atoms with Gasteiger partial charge in [0.25, 0.3) is 0 Å². The van der Waals surface area contributed by atoms with Crippen molar-refractivity contribution < 1.29 is 19.5 Å². The van der Waals surface area contributed by atoms with E-state index >= 15 is 0 Å². The lowest BCUT2D eigenvalue weighted by Gasteiger charge is -2.24. The molecule has 0 spiro atoms. The second kappa shape index (κ2) is 4.32. The Morgan fingerprint density at radius 2 is 2.41 bits per heavy atom. The van der Waals surface area contributed by atoms with E-state index in [0.29, 0.717) is 17.9 Å². The summed E-state index contributed by atoms with van der Waals surface area (Å²) < 4.78 is 10.5. The van der Waals surface area contributed by atoms with Gasteiger partial charge in [-0.15, -0.1) is 0 Å². The highest BCUT2D eigenvalue weighted by Crippen LogP contribution is 2.36. The molecule has 2 rings (SSSR count). The summed E-state index contributed by atoms with van der Waals surface area (Å²) in [6.07, 6.45) is 0.335. The van der Waals surface area contributed by atoms with Crippen LogP contribution in [0.4, 0.5) is 0 Å². The number of ether oxygens (including phenoxy) is 2. The van der Waals surface area contributed by atoms with E-state index in [1.807, 2.05) is 6.07 Å². The van der Waals surface area contributed by atoms with Gasteiger partial charge >= 0.3 is 0 Å². The zero-order valence-electron chi connectivity index (χ0n) is 9.21. The van der Waals surface area contributed by atoms with Gasteiger partial charge in [-0.3, -0.25) is 4.79 Å². The van der Waals surface area contributed by atoms with Crippen molar-refractivity contribution >= 4 is 11.8 Å². The molecular weight excluding hydrogens is 224 g/mol. The summed E-state index contributed by atoms with van der Waals surface area (Å²) in [6, 6.07) is 5.32. The Bertz CT molecular complexity index is 484. The number of carbonyl (C=O) groups is 1. The molecule has 0 aliphatic carbocycles. The number of nitrogens with zero attached hydrogens (tertiary/aromatic N) is 1. The van der Waals surface area contributed by atoms with Crippen LogP contribution < -0.4 is 15.2 Å². The molecule has 3 N–H and O–H groups in total. The van der Waals surface area contributed by atoms with Crippen molar-refractivity contribution in [1.82, 2.24) is 0 Å². The minimum atomic E-state index is -0.750. The van der Waals surface area contributed by atoms with E-state index in [2.05, 4.69) is 5.16 Å². The number of nitrogens with two attached hydrogens (primary N) is 1. The van der Waals surface area contributed by atoms with Gasteiger partial charge < -0.3 is 20.4 Å². The number of rotatable bonds is 2. The maximum absolute atomic E-state index is 11.2. The zero-order valence-corrected chi connectivity index (χ0v) is 9.21. The highest BCUT2D eigenvalue weighted by molar-refractivity contribution is 6.01. The Hall–Kier alpha value is -2.24. The fourth-order valence-corrected chi connectivity index (χ4v) is 1.79. The summed E-state index contributed by atoms with van der Waals surface area (Å²) in [6.45, 7) is 0. The van der Waals surface area contributed by atoms with E-state index in [-0.39, 0.29) is 5.90 Å². The van der Waals surface area contributed by atoms with Crippen molar-refractivity contribution in [3.8, 4) is 11.5 Å². The van der Waals surface area contributed by atoms with Crippen LogP contribution in [0, 0.1) is 5.92 Å². The predicted octanol–water partition coefficient (Wildman–Crippen LogP) is 0.519. The summed E-state index contributed by atoms with van der Waals surface area (Å²) in [7, 11) is 1.51. The Morgan fingerprint density at radius 3 is 3.00 bits per heavy atom. The van der Waals surface area contributed by atoms with Crippen LogP contribution in [-0.2, 0) is 11.2 Å². The Morgan fingerprint density at radius 1 is 1.65 bits per heavy atom. The number of hydrogen-bond acceptors (Lipinski definition) is 5. The van der Waals surface area contributed by atoms with Gasteiger partial charge in [-0.2, -0.15) is 0 Å². The van der Waals surface area contributed by atoms with Crippen LogP contribution >= 0.6 is 0 Å². The summed E-state index contributed by atoms with van der Waals surface area (Å²) >= 11 is 0. The average molecular weight is 236 g/mol. The topological polar surface area (TPSA) is 94.1 Å². The van der Waals surface area contributed by atoms with Gasteiger partial charge in [0.1, 0.15) is 5.92 Å². The number of hydrogen-bond donors (Lipinski definition) is 2. The maximum Gasteiger partial charge on any atom is 0.244 e. The van der Waals surface area contributed by atoms with Gasteiger partial charge in [0.2, 0.25) is 11.8 Å². The van der Waals surface area contributed by atoms with E-state index in [1.165, 1.54) is 7.11 Å². The van der Waals surface area contributed by atoms with E-state index in [1.54, 1.807) is 12.1 Å². The lowest BCUT2D eigenvalue weighted by Crippen LogP contribution is -2.38. The molecule has 1 heterocycles. The van der Waals surface area contributed by atoms with Gasteiger partial charge in [-0.05, 0) is 12.5 Å². The number of para-hydroxylation sites is 1. The molecule has 1 unspecified atom stereocenters. The predicted molar refractivity (Wildman–Crippen MR) is 59.2 cm³/mol. The number of primary amides is 1. The number of methoxy groups -OCH3 is 1. The van der Waals surface area contributed by atoms with Crippen LogP contribution in [0.15, 0.2) is 23.4 Å². The lowest BCUT2D eigenvalue weighted by atomic mass is 9.95. The largest absolute Gasteiger partial charge is 0.493 e. The van der Waals surface area contributed by atoms with Crippen LogP contribution in [0.1, 0.15) is 5.56 Å². The first-order valence-electron chi connectivity index (χ1n) is 5.02. The van der Waals surface area contributed by atoms with Crippen molar-refractivity contribution in [2.24, 2.45) is 16.8 Å². The van der Waals surface area contributed by atoms with Crippen LogP contribution in [-0.4, -0.2) is 24.1 Å². The molecule has 6 heteroatoms. The summed E-state index contributed by atoms with van der Waals surface area (Å²) in [5, 5.41) is 11.8. The van der Waals surface area contributed by atoms with Crippen LogP contribution in [0.25, 0.3) is 0 Å². The number of fused-ring (bicyclic) bond motifs is 1. The molecule has 0 fully saturated rings. The molecule has 0 aromatic heterocycles. The zero-order chi connectivity index (χ0) is 12.4. The third kappa shape index (κ3) is 1.89. The van der Waals surface area contributed by atoms with E-state index in [0.717, 1.165) is 5.56 Å². The number of amides is 1. The summed E-state index contributed by atoms with van der Waals surface area (Å²) in [4.78, 5) is 11.2. The van der Waals surface area contributed by atoms with Crippen LogP contribution in [0.3, 0.4) is 0 Å². The second-order valence-corrected chi connectivity index (χ2v) is 3.65. The van der Waals surface area contributed by atoms with E-state index in [9.17, 15) is 4.79 Å². The molecule has 1 aromatic carbocycles. The first-order chi connectivity index (χ1) is 8.17. The smallest absolute Gasteiger partial charge is 0.244 e. The van der Waals surface area contributed by atoms with Gasteiger partial charge in [0.15, 0.2) is 11.5 Å². The fraction of sp³-hybridized carbons (Fsp3) is 0.273. The molecular formula is C11H12N2O4. The molecule has 1 aliphatic rings. The molecule has 1 atom stereocenters. The highest BCUT2D eigenvalue weighted by atomic mass is 16.5. The molecule has 6 nitrogen and oxygen atoms in total. The van der Waals surface area contributed by atoms with Crippen molar-refractivity contribution in [3.05, 3.63) is 23.8 Å². The van der Waals surface area contributed by atoms with Crippen molar-refractivity contribution in [3.63, 3.8) is 0 Å². The molecule has 1 aliphatic heterocycles. The van der Waals surface area contributed by atoms with Gasteiger partial charge in [0, 0.05) is 5.56 Å². The molecule has 17 heavy (non-hydrogen) atoms. The molecule has 1 aromatic rings. The van der Waals surface area contributed by atoms with Crippen molar-refractivity contribution in [2.75, 3.05) is 7.11 Å². The van der Waals surface area contributed by atoms with Crippen LogP contribution in [0.2, 0.25) is 0 Å².